The van der Waals surface area contributed by atoms with Crippen LogP contribution in [-0.4, -0.2) is 45.5 Å². The normalized spacial score (nSPS) is 27.3. The molecule has 2 aliphatic heterocycles. The van der Waals surface area contributed by atoms with E-state index in [1.807, 2.05) is 23.1 Å². The Labute approximate surface area is 158 Å². The molecule has 26 heavy (non-hydrogen) atoms. The van der Waals surface area contributed by atoms with Crippen molar-refractivity contribution in [3.05, 3.63) is 35.9 Å². The summed E-state index contributed by atoms with van der Waals surface area (Å²) in [4.78, 5) is 17.4. The maximum atomic E-state index is 13.2. The van der Waals surface area contributed by atoms with Crippen molar-refractivity contribution in [1.82, 2.24) is 15.2 Å². The summed E-state index contributed by atoms with van der Waals surface area (Å²) in [5, 5.41) is 14.2. The molecule has 1 N–H and O–H groups in total. The molecule has 1 amide bonds. The number of hydrogen-bond acceptors (Lipinski definition) is 6. The summed E-state index contributed by atoms with van der Waals surface area (Å²) in [6.07, 6.45) is 4.85. The van der Waals surface area contributed by atoms with Gasteiger partial charge in [-0.1, -0.05) is 54.9 Å². The Hall–Kier alpha value is -2.20. The van der Waals surface area contributed by atoms with Gasteiger partial charge in [0.25, 0.3) is 0 Å². The van der Waals surface area contributed by atoms with Crippen LogP contribution in [0.5, 0.6) is 0 Å². The fraction of sp³-hybridized carbons (Fsp3) is 0.526. The maximum Gasteiger partial charge on any atom is 0.230 e. The molecule has 136 valence electrons. The van der Waals surface area contributed by atoms with Crippen LogP contribution in [0, 0.1) is 17.2 Å². The second kappa shape index (κ2) is 7.58. The number of amidine groups is 1. The van der Waals surface area contributed by atoms with Gasteiger partial charge in [-0.2, -0.15) is 10.4 Å². The fourth-order valence-electron chi connectivity index (χ4n) is 4.28. The third kappa shape index (κ3) is 3.14. The molecule has 3 atom stereocenters. The Bertz CT molecular complexity index is 731. The highest BCUT2D eigenvalue weighted by Gasteiger charge is 2.50. The SMILES string of the molecule is N#CCSC1=NNC2N(CCc3ccccc3)C(=O)C3CCCCC3N12. The van der Waals surface area contributed by atoms with Gasteiger partial charge in [0, 0.05) is 12.6 Å². The van der Waals surface area contributed by atoms with Crippen LogP contribution in [0.15, 0.2) is 35.4 Å². The lowest BCUT2D eigenvalue weighted by molar-refractivity contribution is -0.155. The minimum Gasteiger partial charge on any atom is -0.307 e. The monoisotopic (exact) mass is 369 g/mol. The first-order valence-corrected chi connectivity index (χ1v) is 10.2. The number of benzene rings is 1. The molecule has 4 rings (SSSR count). The molecule has 6 nitrogen and oxygen atoms in total. The number of thioether (sulfide) groups is 1. The van der Waals surface area contributed by atoms with Crippen molar-refractivity contribution >= 4 is 22.8 Å². The molecule has 1 saturated carbocycles. The number of amides is 1. The summed E-state index contributed by atoms with van der Waals surface area (Å²) >= 11 is 1.46. The van der Waals surface area contributed by atoms with Crippen LogP contribution < -0.4 is 5.43 Å². The molecule has 3 aliphatic rings. The first-order chi connectivity index (χ1) is 12.8. The Kier molecular flexibility index (Phi) is 5.02. The van der Waals surface area contributed by atoms with E-state index in [0.29, 0.717) is 12.3 Å². The van der Waals surface area contributed by atoms with E-state index in [0.717, 1.165) is 37.3 Å². The van der Waals surface area contributed by atoms with Gasteiger partial charge in [-0.3, -0.25) is 10.2 Å². The molecule has 2 fully saturated rings. The number of carbonyl (C=O) groups excluding carboxylic acids is 1. The standard InChI is InChI=1S/C19H23N5OS/c20-11-13-26-19-22-21-18-23(12-10-14-6-2-1-3-7-14)17(25)15-8-4-5-9-16(15)24(18)19/h1-3,6-7,15-16,18,21H,4-5,8-10,12-13H2. The zero-order valence-corrected chi connectivity index (χ0v) is 15.5. The van der Waals surface area contributed by atoms with Crippen LogP contribution in [0.25, 0.3) is 0 Å². The average Bonchev–Trinajstić information content (AvgIpc) is 3.11. The molecule has 2 heterocycles. The van der Waals surface area contributed by atoms with Gasteiger partial charge in [0.1, 0.15) is 0 Å². The number of hydrazone groups is 1. The highest BCUT2D eigenvalue weighted by molar-refractivity contribution is 8.13. The number of nitriles is 1. The Morgan fingerprint density at radius 1 is 1.27 bits per heavy atom. The van der Waals surface area contributed by atoms with E-state index in [9.17, 15) is 4.79 Å². The van der Waals surface area contributed by atoms with E-state index < -0.39 is 0 Å². The fourth-order valence-corrected chi connectivity index (χ4v) is 4.97. The summed E-state index contributed by atoms with van der Waals surface area (Å²) < 4.78 is 0. The van der Waals surface area contributed by atoms with Crippen LogP contribution in [0.4, 0.5) is 0 Å². The predicted octanol–water partition coefficient (Wildman–Crippen LogP) is 2.35. The minimum absolute atomic E-state index is 0.0450. The first-order valence-electron chi connectivity index (χ1n) is 9.25. The lowest BCUT2D eigenvalue weighted by Gasteiger charge is -2.50. The number of nitrogens with one attached hydrogen (secondary N) is 1. The largest absolute Gasteiger partial charge is 0.307 e. The van der Waals surface area contributed by atoms with Crippen molar-refractivity contribution in [1.29, 1.82) is 5.26 Å². The second-order valence-electron chi connectivity index (χ2n) is 6.98. The Morgan fingerprint density at radius 3 is 2.88 bits per heavy atom. The lowest BCUT2D eigenvalue weighted by atomic mass is 9.81. The summed E-state index contributed by atoms with van der Waals surface area (Å²) in [6, 6.07) is 12.7. The van der Waals surface area contributed by atoms with Crippen molar-refractivity contribution in [2.45, 2.75) is 44.4 Å². The van der Waals surface area contributed by atoms with Crippen molar-refractivity contribution in [2.75, 3.05) is 12.3 Å². The van der Waals surface area contributed by atoms with Crippen molar-refractivity contribution in [2.24, 2.45) is 11.0 Å². The summed E-state index contributed by atoms with van der Waals surface area (Å²) in [7, 11) is 0. The minimum atomic E-state index is -0.216. The molecule has 1 aromatic rings. The van der Waals surface area contributed by atoms with E-state index in [1.54, 1.807) is 0 Å². The van der Waals surface area contributed by atoms with Crippen molar-refractivity contribution in [3.8, 4) is 6.07 Å². The molecule has 0 spiro atoms. The molecule has 0 bridgehead atoms. The third-order valence-corrected chi connectivity index (χ3v) is 6.33. The van der Waals surface area contributed by atoms with Gasteiger partial charge in [-0.05, 0) is 24.8 Å². The molecule has 0 radical (unpaired) electrons. The molecule has 1 aromatic carbocycles. The molecule has 3 unspecified atom stereocenters. The molecular formula is C19H23N5OS. The van der Waals surface area contributed by atoms with Gasteiger partial charge in [0.2, 0.25) is 5.91 Å². The van der Waals surface area contributed by atoms with Crippen LogP contribution in [0.3, 0.4) is 0 Å². The van der Waals surface area contributed by atoms with Gasteiger partial charge < -0.3 is 9.80 Å². The zero-order chi connectivity index (χ0) is 17.9. The first kappa shape index (κ1) is 17.2. The van der Waals surface area contributed by atoms with E-state index in [-0.39, 0.29) is 24.2 Å². The number of hydrogen-bond donors (Lipinski definition) is 1. The Morgan fingerprint density at radius 2 is 2.08 bits per heavy atom. The predicted molar refractivity (Wildman–Crippen MR) is 102 cm³/mol. The molecule has 1 saturated heterocycles. The maximum absolute atomic E-state index is 13.2. The highest BCUT2D eigenvalue weighted by Crippen LogP contribution is 2.38. The topological polar surface area (TPSA) is 71.7 Å². The van der Waals surface area contributed by atoms with Crippen molar-refractivity contribution in [3.63, 3.8) is 0 Å². The van der Waals surface area contributed by atoms with Crippen LogP contribution in [-0.2, 0) is 11.2 Å². The molecular weight excluding hydrogens is 346 g/mol. The number of nitrogens with zero attached hydrogens (tertiary/aromatic N) is 4. The van der Waals surface area contributed by atoms with E-state index >= 15 is 0 Å². The van der Waals surface area contributed by atoms with E-state index in [4.69, 9.17) is 5.26 Å². The molecule has 1 aliphatic carbocycles. The quantitative estimate of drug-likeness (QED) is 0.882. The van der Waals surface area contributed by atoms with Gasteiger partial charge in [-0.15, -0.1) is 0 Å². The van der Waals surface area contributed by atoms with Crippen LogP contribution in [0.1, 0.15) is 31.2 Å². The summed E-state index contributed by atoms with van der Waals surface area (Å²) in [5.41, 5.74) is 4.39. The van der Waals surface area contributed by atoms with Crippen LogP contribution >= 0.6 is 11.8 Å². The lowest BCUT2D eigenvalue weighted by Crippen LogP contribution is -2.67. The van der Waals surface area contributed by atoms with Crippen LogP contribution in [0.2, 0.25) is 0 Å². The third-order valence-electron chi connectivity index (χ3n) is 5.49. The molecule has 7 heteroatoms. The Balaban J connectivity index is 1.55. The highest BCUT2D eigenvalue weighted by atomic mass is 32.2. The summed E-state index contributed by atoms with van der Waals surface area (Å²) in [5.74, 6) is 0.670. The van der Waals surface area contributed by atoms with E-state index in [2.05, 4.69) is 33.6 Å². The van der Waals surface area contributed by atoms with Gasteiger partial charge >= 0.3 is 0 Å². The van der Waals surface area contributed by atoms with Gasteiger partial charge in [0.05, 0.1) is 17.7 Å². The van der Waals surface area contributed by atoms with Gasteiger partial charge in [0.15, 0.2) is 11.5 Å². The average molecular weight is 369 g/mol. The smallest absolute Gasteiger partial charge is 0.230 e. The zero-order valence-electron chi connectivity index (χ0n) is 14.7. The number of rotatable bonds is 4. The number of carbonyl (C=O) groups is 1. The van der Waals surface area contributed by atoms with Crippen molar-refractivity contribution < 1.29 is 4.79 Å². The second-order valence-corrected chi connectivity index (χ2v) is 7.92. The molecule has 0 aromatic heterocycles. The summed E-state index contributed by atoms with van der Waals surface area (Å²) in [6.45, 7) is 0.673. The van der Waals surface area contributed by atoms with E-state index in [1.165, 1.54) is 17.3 Å². The number of fused-ring (bicyclic) bond motifs is 3. The van der Waals surface area contributed by atoms with Gasteiger partial charge in [-0.25, -0.2) is 0 Å².